The highest BCUT2D eigenvalue weighted by Crippen LogP contribution is 2.22. The van der Waals surface area contributed by atoms with Crippen LogP contribution in [0, 0.1) is 5.92 Å². The second kappa shape index (κ2) is 23.2. The second-order valence-corrected chi connectivity index (χ2v) is 7.27. The number of hydrogen-bond acceptors (Lipinski definition) is 0. The van der Waals surface area contributed by atoms with Crippen molar-refractivity contribution in [3.8, 4) is 0 Å². The summed E-state index contributed by atoms with van der Waals surface area (Å²) in [5.74, 6) is 0.698. The van der Waals surface area contributed by atoms with E-state index in [4.69, 9.17) is 0 Å². The Balaban J connectivity index is 0. The smallest absolute Gasteiger partial charge is 0.0197 e. The van der Waals surface area contributed by atoms with E-state index in [1.807, 2.05) is 12.2 Å². The van der Waals surface area contributed by atoms with Gasteiger partial charge in [-0.25, -0.2) is 0 Å². The van der Waals surface area contributed by atoms with E-state index in [9.17, 15) is 0 Å². The van der Waals surface area contributed by atoms with E-state index in [-0.39, 0.29) is 0 Å². The van der Waals surface area contributed by atoms with Gasteiger partial charge >= 0.3 is 0 Å². The fourth-order valence-electron chi connectivity index (χ4n) is 3.04. The van der Waals surface area contributed by atoms with Crippen LogP contribution >= 0.6 is 0 Å². The van der Waals surface area contributed by atoms with Crippen molar-refractivity contribution in [2.24, 2.45) is 5.92 Å². The predicted octanol–water partition coefficient (Wildman–Crippen LogP) is 9.43. The fraction of sp³-hybridized carbons (Fsp3) is 0.760. The van der Waals surface area contributed by atoms with Crippen LogP contribution in [0.5, 0.6) is 0 Å². The lowest BCUT2D eigenvalue weighted by atomic mass is 9.92. The van der Waals surface area contributed by atoms with Crippen LogP contribution in [0.3, 0.4) is 0 Å². The van der Waals surface area contributed by atoms with Crippen molar-refractivity contribution in [2.45, 2.75) is 118 Å². The molecule has 0 rings (SSSR count). The molecule has 0 heterocycles. The van der Waals surface area contributed by atoms with Crippen molar-refractivity contribution in [3.05, 3.63) is 37.0 Å². The van der Waals surface area contributed by atoms with E-state index in [1.54, 1.807) is 5.57 Å². The normalized spacial score (nSPS) is 12.2. The van der Waals surface area contributed by atoms with Crippen molar-refractivity contribution in [2.75, 3.05) is 0 Å². The lowest BCUT2D eigenvalue weighted by Gasteiger charge is -2.14. The average Bonchev–Trinajstić information content (AvgIpc) is 2.61. The Hall–Kier alpha value is -0.780. The van der Waals surface area contributed by atoms with Gasteiger partial charge in [0.05, 0.1) is 0 Å². The summed E-state index contributed by atoms with van der Waals surface area (Å²) in [6.07, 6.45) is 25.1. The summed E-state index contributed by atoms with van der Waals surface area (Å²) in [7, 11) is 0. The minimum absolute atomic E-state index is 0.698. The first-order chi connectivity index (χ1) is 12.2. The van der Waals surface area contributed by atoms with Gasteiger partial charge in [0.25, 0.3) is 0 Å². The van der Waals surface area contributed by atoms with E-state index in [0.717, 1.165) is 6.42 Å². The summed E-state index contributed by atoms with van der Waals surface area (Å²) in [6, 6.07) is 0. The SMILES string of the molecule is C=CCC(C)C(=CCC)CCCCCC.C=CCCCCCCCC. The van der Waals surface area contributed by atoms with Crippen molar-refractivity contribution in [1.29, 1.82) is 0 Å². The van der Waals surface area contributed by atoms with Crippen LogP contribution < -0.4 is 0 Å². The number of rotatable bonds is 16. The third kappa shape index (κ3) is 21.2. The molecule has 1 atom stereocenters. The summed E-state index contributed by atoms with van der Waals surface area (Å²) in [5, 5.41) is 0. The Kier molecular flexibility index (Phi) is 24.6. The molecular formula is C25H48. The molecule has 25 heavy (non-hydrogen) atoms. The van der Waals surface area contributed by atoms with Gasteiger partial charge in [0.15, 0.2) is 0 Å². The first-order valence-corrected chi connectivity index (χ1v) is 11.1. The van der Waals surface area contributed by atoms with Crippen molar-refractivity contribution in [1.82, 2.24) is 0 Å². The number of hydrogen-bond donors (Lipinski definition) is 0. The Morgan fingerprint density at radius 3 is 1.84 bits per heavy atom. The average molecular weight is 349 g/mol. The summed E-state index contributed by atoms with van der Waals surface area (Å²) < 4.78 is 0. The summed E-state index contributed by atoms with van der Waals surface area (Å²) in [6.45, 7) is 16.6. The highest BCUT2D eigenvalue weighted by atomic mass is 14.1. The van der Waals surface area contributed by atoms with Crippen molar-refractivity contribution < 1.29 is 0 Å². The van der Waals surface area contributed by atoms with Crippen molar-refractivity contribution in [3.63, 3.8) is 0 Å². The van der Waals surface area contributed by atoms with Gasteiger partial charge in [-0.05, 0) is 44.4 Å². The number of unbranched alkanes of at least 4 members (excludes halogenated alkanes) is 9. The van der Waals surface area contributed by atoms with Crippen LogP contribution in [-0.2, 0) is 0 Å². The first-order valence-electron chi connectivity index (χ1n) is 11.1. The zero-order valence-electron chi connectivity index (χ0n) is 18.1. The van der Waals surface area contributed by atoms with Crippen LogP contribution in [0.15, 0.2) is 37.0 Å². The minimum Gasteiger partial charge on any atom is -0.103 e. The summed E-state index contributed by atoms with van der Waals surface area (Å²) in [4.78, 5) is 0. The maximum atomic E-state index is 3.83. The molecule has 0 bridgehead atoms. The minimum atomic E-state index is 0.698. The first kappa shape index (κ1) is 26.4. The fourth-order valence-corrected chi connectivity index (χ4v) is 3.04. The molecule has 0 aliphatic heterocycles. The maximum Gasteiger partial charge on any atom is -0.0197 e. The molecule has 1 unspecified atom stereocenters. The molecule has 0 saturated carbocycles. The standard InChI is InChI=1S/C15H28.C10H20/c1-5-8-9-10-13-15(12-7-3)14(4)11-6-2;1-3-5-7-9-10-8-6-4-2/h6,12,14H,2,5,7-11,13H2,1,3-4H3;3H,1,4-10H2,2H3. The largest absolute Gasteiger partial charge is 0.103 e. The molecule has 0 heteroatoms. The molecule has 0 aliphatic carbocycles. The van der Waals surface area contributed by atoms with Gasteiger partial charge in [-0.1, -0.05) is 103 Å². The summed E-state index contributed by atoms with van der Waals surface area (Å²) >= 11 is 0. The van der Waals surface area contributed by atoms with Gasteiger partial charge < -0.3 is 0 Å². The highest BCUT2D eigenvalue weighted by molar-refractivity contribution is 5.06. The maximum absolute atomic E-state index is 3.83. The molecular weight excluding hydrogens is 300 g/mol. The molecule has 0 aromatic rings. The molecule has 0 fully saturated rings. The molecule has 0 spiro atoms. The van der Waals surface area contributed by atoms with E-state index in [1.165, 1.54) is 83.5 Å². The molecule has 0 radical (unpaired) electrons. The molecule has 0 amide bonds. The molecule has 0 aromatic heterocycles. The molecule has 0 nitrogen and oxygen atoms in total. The Morgan fingerprint density at radius 1 is 0.760 bits per heavy atom. The van der Waals surface area contributed by atoms with E-state index in [0.29, 0.717) is 5.92 Å². The van der Waals surface area contributed by atoms with Crippen LogP contribution in [0.4, 0.5) is 0 Å². The molecule has 0 saturated heterocycles. The van der Waals surface area contributed by atoms with Crippen LogP contribution in [0.2, 0.25) is 0 Å². The lowest BCUT2D eigenvalue weighted by molar-refractivity contribution is 0.600. The topological polar surface area (TPSA) is 0 Å². The summed E-state index contributed by atoms with van der Waals surface area (Å²) in [5.41, 5.74) is 1.65. The lowest BCUT2D eigenvalue weighted by Crippen LogP contribution is -1.98. The van der Waals surface area contributed by atoms with Crippen molar-refractivity contribution >= 4 is 0 Å². The third-order valence-electron chi connectivity index (χ3n) is 4.70. The van der Waals surface area contributed by atoms with E-state index >= 15 is 0 Å². The Labute approximate surface area is 160 Å². The van der Waals surface area contributed by atoms with E-state index < -0.39 is 0 Å². The van der Waals surface area contributed by atoms with Gasteiger partial charge in [0.2, 0.25) is 0 Å². The van der Waals surface area contributed by atoms with Gasteiger partial charge in [0, 0.05) is 0 Å². The highest BCUT2D eigenvalue weighted by Gasteiger charge is 2.06. The molecule has 0 aromatic carbocycles. The van der Waals surface area contributed by atoms with E-state index in [2.05, 4.69) is 46.9 Å². The monoisotopic (exact) mass is 348 g/mol. The van der Waals surface area contributed by atoms with Crippen LogP contribution in [0.1, 0.15) is 118 Å². The van der Waals surface area contributed by atoms with Gasteiger partial charge in [-0.2, -0.15) is 0 Å². The van der Waals surface area contributed by atoms with Crippen LogP contribution in [-0.4, -0.2) is 0 Å². The zero-order valence-corrected chi connectivity index (χ0v) is 18.1. The third-order valence-corrected chi connectivity index (χ3v) is 4.70. The zero-order chi connectivity index (χ0) is 19.2. The van der Waals surface area contributed by atoms with Gasteiger partial charge in [0.1, 0.15) is 0 Å². The van der Waals surface area contributed by atoms with Gasteiger partial charge in [-0.3, -0.25) is 0 Å². The molecule has 148 valence electrons. The molecule has 0 N–H and O–H groups in total. The van der Waals surface area contributed by atoms with Crippen LogP contribution in [0.25, 0.3) is 0 Å². The number of allylic oxidation sites excluding steroid dienone is 4. The Bertz CT molecular complexity index is 297. The second-order valence-electron chi connectivity index (χ2n) is 7.27. The quantitative estimate of drug-likeness (QED) is 0.192. The Morgan fingerprint density at radius 2 is 1.32 bits per heavy atom. The molecule has 0 aliphatic rings. The van der Waals surface area contributed by atoms with Gasteiger partial charge in [-0.15, -0.1) is 13.2 Å². The predicted molar refractivity (Wildman–Crippen MR) is 119 cm³/mol.